The molecule has 2 aromatic rings. The van der Waals surface area contributed by atoms with E-state index in [1.807, 2.05) is 18.2 Å². The summed E-state index contributed by atoms with van der Waals surface area (Å²) in [6.45, 7) is 0.915. The summed E-state index contributed by atoms with van der Waals surface area (Å²) in [5, 5.41) is 0. The molecule has 1 aliphatic heterocycles. The van der Waals surface area contributed by atoms with Crippen molar-refractivity contribution in [3.05, 3.63) is 30.3 Å². The zero-order chi connectivity index (χ0) is 12.4. The second-order valence-electron chi connectivity index (χ2n) is 4.08. The highest BCUT2D eigenvalue weighted by molar-refractivity contribution is 5.62. The first-order valence-corrected chi connectivity index (χ1v) is 5.91. The fraction of sp³-hybridized carbons (Fsp3) is 0.308. The van der Waals surface area contributed by atoms with Crippen LogP contribution >= 0.6 is 0 Å². The molecular weight excluding hydrogens is 232 g/mol. The van der Waals surface area contributed by atoms with Gasteiger partial charge in [-0.25, -0.2) is 4.98 Å². The van der Waals surface area contributed by atoms with Gasteiger partial charge in [0.05, 0.1) is 6.20 Å². The second-order valence-corrected chi connectivity index (χ2v) is 4.08. The zero-order valence-corrected chi connectivity index (χ0v) is 9.89. The number of nitrogens with zero attached hydrogens (tertiary/aromatic N) is 1. The number of oxazole rings is 1. The van der Waals surface area contributed by atoms with Crippen LogP contribution in [0.5, 0.6) is 11.5 Å². The van der Waals surface area contributed by atoms with Crippen molar-refractivity contribution in [2.45, 2.75) is 12.8 Å². The summed E-state index contributed by atoms with van der Waals surface area (Å²) in [6.07, 6.45) is 3.37. The Bertz CT molecular complexity index is 551. The smallest absolute Gasteiger partial charge is 0.231 e. The predicted octanol–water partition coefficient (Wildman–Crippen LogP) is 1.96. The van der Waals surface area contributed by atoms with Gasteiger partial charge in [0.2, 0.25) is 6.79 Å². The van der Waals surface area contributed by atoms with Gasteiger partial charge in [-0.2, -0.15) is 0 Å². The second kappa shape index (κ2) is 4.70. The van der Waals surface area contributed by atoms with E-state index >= 15 is 0 Å². The number of hydrogen-bond acceptors (Lipinski definition) is 5. The first-order chi connectivity index (χ1) is 8.86. The van der Waals surface area contributed by atoms with Crippen LogP contribution in [0.15, 0.2) is 28.8 Å². The molecule has 0 aliphatic carbocycles. The summed E-state index contributed by atoms with van der Waals surface area (Å²) in [5.74, 6) is 2.96. The number of hydrogen-bond donors (Lipinski definition) is 1. The number of rotatable bonds is 4. The minimum Gasteiger partial charge on any atom is -0.454 e. The number of aromatic nitrogens is 1. The Morgan fingerprint density at radius 3 is 3.00 bits per heavy atom. The Balaban J connectivity index is 1.83. The Labute approximate surface area is 105 Å². The molecule has 0 saturated heterocycles. The van der Waals surface area contributed by atoms with Crippen molar-refractivity contribution in [2.24, 2.45) is 5.73 Å². The minimum atomic E-state index is 0.275. The van der Waals surface area contributed by atoms with E-state index in [1.54, 1.807) is 6.20 Å². The number of aryl methyl sites for hydroxylation is 1. The third-order valence-corrected chi connectivity index (χ3v) is 2.81. The third kappa shape index (κ3) is 2.04. The lowest BCUT2D eigenvalue weighted by Gasteiger charge is -1.99. The summed E-state index contributed by atoms with van der Waals surface area (Å²) in [6, 6.07) is 5.70. The maximum absolute atomic E-state index is 5.67. The van der Waals surface area contributed by atoms with Crippen molar-refractivity contribution >= 4 is 0 Å². The topological polar surface area (TPSA) is 70.5 Å². The van der Waals surface area contributed by atoms with E-state index in [1.165, 1.54) is 0 Å². The van der Waals surface area contributed by atoms with E-state index in [2.05, 4.69) is 4.98 Å². The van der Waals surface area contributed by atoms with Gasteiger partial charge < -0.3 is 19.6 Å². The molecule has 0 saturated carbocycles. The Hall–Kier alpha value is -2.01. The van der Waals surface area contributed by atoms with Gasteiger partial charge in [-0.1, -0.05) is 0 Å². The molecule has 2 N–H and O–H groups in total. The Morgan fingerprint density at radius 1 is 1.22 bits per heavy atom. The van der Waals surface area contributed by atoms with Crippen molar-refractivity contribution in [3.8, 4) is 22.8 Å². The zero-order valence-electron chi connectivity index (χ0n) is 9.89. The maximum Gasteiger partial charge on any atom is 0.231 e. The molecule has 0 unspecified atom stereocenters. The molecule has 0 radical (unpaired) electrons. The van der Waals surface area contributed by atoms with Crippen LogP contribution in [0, 0.1) is 0 Å². The summed E-state index contributed by atoms with van der Waals surface area (Å²) in [7, 11) is 0. The molecular formula is C13H14N2O3. The Morgan fingerprint density at radius 2 is 2.11 bits per heavy atom. The van der Waals surface area contributed by atoms with E-state index in [0.29, 0.717) is 12.4 Å². The average molecular weight is 246 g/mol. The lowest BCUT2D eigenvalue weighted by molar-refractivity contribution is 0.174. The molecule has 0 bridgehead atoms. The Kier molecular flexibility index (Phi) is 2.90. The summed E-state index contributed by atoms with van der Waals surface area (Å²) in [5.41, 5.74) is 6.39. The normalized spacial score (nSPS) is 12.9. The van der Waals surface area contributed by atoms with Gasteiger partial charge in [0.25, 0.3) is 0 Å². The highest BCUT2D eigenvalue weighted by Crippen LogP contribution is 2.35. The van der Waals surface area contributed by atoms with Gasteiger partial charge in [0.15, 0.2) is 23.1 Å². The molecule has 1 aromatic heterocycles. The van der Waals surface area contributed by atoms with E-state index in [-0.39, 0.29) is 6.79 Å². The van der Waals surface area contributed by atoms with Crippen molar-refractivity contribution in [2.75, 3.05) is 13.3 Å². The molecule has 3 rings (SSSR count). The molecule has 94 valence electrons. The average Bonchev–Trinajstić information content (AvgIpc) is 3.04. The van der Waals surface area contributed by atoms with Crippen LogP contribution in [-0.4, -0.2) is 18.3 Å². The van der Waals surface area contributed by atoms with Gasteiger partial charge in [-0.15, -0.1) is 0 Å². The standard InChI is InChI=1S/C13H14N2O3/c14-5-1-2-13-15-7-12(18-13)9-3-4-10-11(6-9)17-8-16-10/h3-4,6-7H,1-2,5,8,14H2. The van der Waals surface area contributed by atoms with Gasteiger partial charge in [-0.3, -0.25) is 0 Å². The first kappa shape index (κ1) is 11.1. The molecule has 2 heterocycles. The molecule has 0 fully saturated rings. The number of ether oxygens (including phenoxy) is 2. The minimum absolute atomic E-state index is 0.275. The van der Waals surface area contributed by atoms with Crippen LogP contribution in [0.25, 0.3) is 11.3 Å². The highest BCUT2D eigenvalue weighted by Gasteiger charge is 2.15. The van der Waals surface area contributed by atoms with E-state index in [0.717, 1.165) is 35.7 Å². The molecule has 5 nitrogen and oxygen atoms in total. The molecule has 1 aromatic carbocycles. The molecule has 0 spiro atoms. The van der Waals surface area contributed by atoms with Crippen molar-refractivity contribution in [1.82, 2.24) is 4.98 Å². The van der Waals surface area contributed by atoms with E-state index < -0.39 is 0 Å². The lowest BCUT2D eigenvalue weighted by atomic mass is 10.1. The van der Waals surface area contributed by atoms with Gasteiger partial charge in [0.1, 0.15) is 0 Å². The van der Waals surface area contributed by atoms with Crippen LogP contribution in [0.4, 0.5) is 0 Å². The highest BCUT2D eigenvalue weighted by atomic mass is 16.7. The maximum atomic E-state index is 5.67. The number of nitrogens with two attached hydrogens (primary N) is 1. The largest absolute Gasteiger partial charge is 0.454 e. The van der Waals surface area contributed by atoms with Gasteiger partial charge >= 0.3 is 0 Å². The number of benzene rings is 1. The molecule has 18 heavy (non-hydrogen) atoms. The third-order valence-electron chi connectivity index (χ3n) is 2.81. The fourth-order valence-electron chi connectivity index (χ4n) is 1.86. The summed E-state index contributed by atoms with van der Waals surface area (Å²) in [4.78, 5) is 4.23. The van der Waals surface area contributed by atoms with Crippen LogP contribution < -0.4 is 15.2 Å². The lowest BCUT2D eigenvalue weighted by Crippen LogP contribution is -2.00. The first-order valence-electron chi connectivity index (χ1n) is 5.91. The molecule has 0 atom stereocenters. The van der Waals surface area contributed by atoms with Crippen molar-refractivity contribution in [1.29, 1.82) is 0 Å². The van der Waals surface area contributed by atoms with Crippen LogP contribution in [-0.2, 0) is 6.42 Å². The van der Waals surface area contributed by atoms with E-state index in [9.17, 15) is 0 Å². The SMILES string of the molecule is NCCCc1ncc(-c2ccc3c(c2)OCO3)o1. The quantitative estimate of drug-likeness (QED) is 0.892. The van der Waals surface area contributed by atoms with Crippen molar-refractivity contribution < 1.29 is 13.9 Å². The molecule has 5 heteroatoms. The van der Waals surface area contributed by atoms with Gasteiger partial charge in [-0.05, 0) is 31.2 Å². The monoisotopic (exact) mass is 246 g/mol. The predicted molar refractivity (Wildman–Crippen MR) is 65.4 cm³/mol. The summed E-state index contributed by atoms with van der Waals surface area (Å²) < 4.78 is 16.3. The van der Waals surface area contributed by atoms with Crippen LogP contribution in [0.2, 0.25) is 0 Å². The van der Waals surface area contributed by atoms with Crippen molar-refractivity contribution in [3.63, 3.8) is 0 Å². The molecule has 0 amide bonds. The van der Waals surface area contributed by atoms with Crippen LogP contribution in [0.1, 0.15) is 12.3 Å². The molecule has 1 aliphatic rings. The van der Waals surface area contributed by atoms with Crippen LogP contribution in [0.3, 0.4) is 0 Å². The fourth-order valence-corrected chi connectivity index (χ4v) is 1.86. The van der Waals surface area contributed by atoms with E-state index in [4.69, 9.17) is 19.6 Å². The summed E-state index contributed by atoms with van der Waals surface area (Å²) >= 11 is 0. The number of fused-ring (bicyclic) bond motifs is 1. The van der Waals surface area contributed by atoms with Gasteiger partial charge in [0, 0.05) is 12.0 Å².